The van der Waals surface area contributed by atoms with E-state index in [1.807, 2.05) is 6.92 Å². The Bertz CT molecular complexity index is 474. The summed E-state index contributed by atoms with van der Waals surface area (Å²) >= 11 is 1.68. The van der Waals surface area contributed by atoms with Crippen LogP contribution in [0.4, 0.5) is 0 Å². The number of aromatic nitrogens is 1. The minimum absolute atomic E-state index is 0.147. The van der Waals surface area contributed by atoms with Crippen LogP contribution in [0.3, 0.4) is 0 Å². The SMILES string of the molecule is Cc1nc(C2NCCc3ccoc32)cs1. The number of thiazole rings is 1. The molecule has 15 heavy (non-hydrogen) atoms. The van der Waals surface area contributed by atoms with E-state index in [2.05, 4.69) is 21.7 Å². The molecule has 0 amide bonds. The first-order chi connectivity index (χ1) is 7.34. The smallest absolute Gasteiger partial charge is 0.130 e. The standard InChI is InChI=1S/C11H12N2OS/c1-7-13-9(6-15-7)10-11-8(2-4-12-10)3-5-14-11/h3,5-6,10,12H,2,4H2,1H3. The number of aryl methyl sites for hydroxylation is 1. The zero-order valence-corrected chi connectivity index (χ0v) is 9.30. The summed E-state index contributed by atoms with van der Waals surface area (Å²) in [7, 11) is 0. The lowest BCUT2D eigenvalue weighted by molar-refractivity contribution is 0.421. The number of hydrogen-bond donors (Lipinski definition) is 1. The normalized spacial score (nSPS) is 20.2. The summed E-state index contributed by atoms with van der Waals surface area (Å²) in [5.74, 6) is 1.03. The van der Waals surface area contributed by atoms with Gasteiger partial charge in [0.2, 0.25) is 0 Å². The van der Waals surface area contributed by atoms with Gasteiger partial charge in [0.05, 0.1) is 17.0 Å². The van der Waals surface area contributed by atoms with Gasteiger partial charge < -0.3 is 9.73 Å². The largest absolute Gasteiger partial charge is 0.467 e. The molecule has 1 unspecified atom stereocenters. The van der Waals surface area contributed by atoms with E-state index in [0.29, 0.717) is 0 Å². The molecule has 1 N–H and O–H groups in total. The molecule has 3 nitrogen and oxygen atoms in total. The van der Waals surface area contributed by atoms with E-state index in [9.17, 15) is 0 Å². The molecule has 0 bridgehead atoms. The predicted octanol–water partition coefficient (Wildman–Crippen LogP) is 2.28. The maximum absolute atomic E-state index is 5.53. The van der Waals surface area contributed by atoms with Crippen LogP contribution in [-0.2, 0) is 6.42 Å². The second-order valence-corrected chi connectivity index (χ2v) is 4.80. The summed E-state index contributed by atoms with van der Waals surface area (Å²) in [6.07, 6.45) is 2.81. The number of furan rings is 1. The maximum Gasteiger partial charge on any atom is 0.130 e. The van der Waals surface area contributed by atoms with Gasteiger partial charge in [0, 0.05) is 11.9 Å². The molecule has 0 spiro atoms. The number of fused-ring (bicyclic) bond motifs is 1. The zero-order valence-electron chi connectivity index (χ0n) is 8.49. The molecule has 1 atom stereocenters. The van der Waals surface area contributed by atoms with Crippen molar-refractivity contribution in [1.82, 2.24) is 10.3 Å². The molecule has 0 saturated carbocycles. The van der Waals surface area contributed by atoms with Crippen molar-refractivity contribution in [3.8, 4) is 0 Å². The highest BCUT2D eigenvalue weighted by Gasteiger charge is 2.25. The number of hydrogen-bond acceptors (Lipinski definition) is 4. The first kappa shape index (κ1) is 9.12. The number of rotatable bonds is 1. The van der Waals surface area contributed by atoms with E-state index < -0.39 is 0 Å². The molecule has 3 rings (SSSR count). The Kier molecular flexibility index (Phi) is 2.11. The molecule has 0 aromatic carbocycles. The van der Waals surface area contributed by atoms with Crippen LogP contribution in [0.15, 0.2) is 22.1 Å². The molecule has 0 fully saturated rings. The Balaban J connectivity index is 2.02. The number of nitrogens with zero attached hydrogens (tertiary/aromatic N) is 1. The van der Waals surface area contributed by atoms with Crippen molar-refractivity contribution < 1.29 is 4.42 Å². The van der Waals surface area contributed by atoms with Crippen molar-refractivity contribution >= 4 is 11.3 Å². The van der Waals surface area contributed by atoms with Crippen molar-refractivity contribution in [2.75, 3.05) is 6.54 Å². The van der Waals surface area contributed by atoms with E-state index >= 15 is 0 Å². The van der Waals surface area contributed by atoms with Crippen LogP contribution in [0.25, 0.3) is 0 Å². The maximum atomic E-state index is 5.53. The summed E-state index contributed by atoms with van der Waals surface area (Å²) in [4.78, 5) is 4.51. The Hall–Kier alpha value is -1.13. The monoisotopic (exact) mass is 220 g/mol. The Morgan fingerprint density at radius 1 is 1.60 bits per heavy atom. The third kappa shape index (κ3) is 1.50. The molecule has 2 aromatic heterocycles. The zero-order chi connectivity index (χ0) is 10.3. The van der Waals surface area contributed by atoms with Gasteiger partial charge in [-0.1, -0.05) is 0 Å². The average molecular weight is 220 g/mol. The fourth-order valence-electron chi connectivity index (χ4n) is 2.00. The van der Waals surface area contributed by atoms with Crippen molar-refractivity contribution in [1.29, 1.82) is 0 Å². The second-order valence-electron chi connectivity index (χ2n) is 3.74. The van der Waals surface area contributed by atoms with Gasteiger partial charge in [-0.3, -0.25) is 0 Å². The minimum atomic E-state index is 0.147. The Morgan fingerprint density at radius 2 is 2.53 bits per heavy atom. The van der Waals surface area contributed by atoms with E-state index in [-0.39, 0.29) is 6.04 Å². The van der Waals surface area contributed by atoms with Gasteiger partial charge in [-0.25, -0.2) is 4.98 Å². The first-order valence-corrected chi connectivity index (χ1v) is 5.94. The summed E-state index contributed by atoms with van der Waals surface area (Å²) in [5.41, 5.74) is 2.39. The van der Waals surface area contributed by atoms with Crippen LogP contribution >= 0.6 is 11.3 Å². The van der Waals surface area contributed by atoms with Crippen molar-refractivity contribution in [2.45, 2.75) is 19.4 Å². The molecule has 3 heterocycles. The van der Waals surface area contributed by atoms with Crippen molar-refractivity contribution in [3.63, 3.8) is 0 Å². The molecular formula is C11H12N2OS. The third-order valence-corrected chi connectivity index (χ3v) is 3.51. The predicted molar refractivity (Wildman–Crippen MR) is 59.1 cm³/mol. The summed E-state index contributed by atoms with van der Waals surface area (Å²) in [6.45, 7) is 3.02. The Morgan fingerprint density at radius 3 is 3.33 bits per heavy atom. The van der Waals surface area contributed by atoms with Gasteiger partial charge in [-0.2, -0.15) is 0 Å². The van der Waals surface area contributed by atoms with Gasteiger partial charge in [0.15, 0.2) is 0 Å². The fraction of sp³-hybridized carbons (Fsp3) is 0.364. The molecule has 1 aliphatic heterocycles. The molecule has 0 radical (unpaired) electrons. The lowest BCUT2D eigenvalue weighted by Crippen LogP contribution is -2.29. The van der Waals surface area contributed by atoms with E-state index in [4.69, 9.17) is 4.42 Å². The van der Waals surface area contributed by atoms with Crippen LogP contribution in [0.2, 0.25) is 0 Å². The minimum Gasteiger partial charge on any atom is -0.467 e. The highest BCUT2D eigenvalue weighted by molar-refractivity contribution is 7.09. The van der Waals surface area contributed by atoms with Crippen molar-refractivity contribution in [3.05, 3.63) is 39.7 Å². The van der Waals surface area contributed by atoms with Crippen LogP contribution < -0.4 is 5.32 Å². The first-order valence-electron chi connectivity index (χ1n) is 5.06. The molecule has 0 aliphatic carbocycles. The van der Waals surface area contributed by atoms with Gasteiger partial charge in [-0.05, 0) is 25.0 Å². The quantitative estimate of drug-likeness (QED) is 0.801. The second kappa shape index (κ2) is 3.47. The molecule has 2 aromatic rings. The number of nitrogens with one attached hydrogen (secondary N) is 1. The molecule has 1 aliphatic rings. The van der Waals surface area contributed by atoms with Crippen LogP contribution in [-0.4, -0.2) is 11.5 Å². The lowest BCUT2D eigenvalue weighted by Gasteiger charge is -2.20. The average Bonchev–Trinajstić information content (AvgIpc) is 2.84. The van der Waals surface area contributed by atoms with Gasteiger partial charge in [0.1, 0.15) is 11.8 Å². The fourth-order valence-corrected chi connectivity index (χ4v) is 2.64. The summed E-state index contributed by atoms with van der Waals surface area (Å²) in [6, 6.07) is 2.20. The topological polar surface area (TPSA) is 38.1 Å². The van der Waals surface area contributed by atoms with E-state index in [1.165, 1.54) is 5.56 Å². The molecule has 78 valence electrons. The molecule has 0 saturated heterocycles. The van der Waals surface area contributed by atoms with Gasteiger partial charge >= 0.3 is 0 Å². The lowest BCUT2D eigenvalue weighted by atomic mass is 10.0. The van der Waals surface area contributed by atoms with E-state index in [1.54, 1.807) is 17.6 Å². The summed E-state index contributed by atoms with van der Waals surface area (Å²) < 4.78 is 5.53. The van der Waals surface area contributed by atoms with Crippen molar-refractivity contribution in [2.24, 2.45) is 0 Å². The molecule has 4 heteroatoms. The highest BCUT2D eigenvalue weighted by atomic mass is 32.1. The highest BCUT2D eigenvalue weighted by Crippen LogP contribution is 2.29. The van der Waals surface area contributed by atoms with E-state index in [0.717, 1.165) is 29.4 Å². The third-order valence-electron chi connectivity index (χ3n) is 2.72. The van der Waals surface area contributed by atoms with Gasteiger partial charge in [0.25, 0.3) is 0 Å². The van der Waals surface area contributed by atoms with Crippen LogP contribution in [0.1, 0.15) is 28.1 Å². The van der Waals surface area contributed by atoms with Gasteiger partial charge in [-0.15, -0.1) is 11.3 Å². The van der Waals surface area contributed by atoms with Crippen LogP contribution in [0.5, 0.6) is 0 Å². The van der Waals surface area contributed by atoms with Crippen LogP contribution in [0, 0.1) is 6.92 Å². The molecular weight excluding hydrogens is 208 g/mol. The summed E-state index contributed by atoms with van der Waals surface area (Å²) in [5, 5.41) is 6.65. The Labute approximate surface area is 92.1 Å².